The average molecular weight is 602 g/mol. The largest absolute Gasteiger partial charge is 0.337 e. The number of hydrogen-bond donors (Lipinski definition) is 1. The summed E-state index contributed by atoms with van der Waals surface area (Å²) >= 11 is 0. The smallest absolute Gasteiger partial charge is 0.253 e. The number of amides is 1. The number of piperidine rings is 1. The number of imidazole rings is 1. The number of nitrogens with zero attached hydrogens (tertiary/aromatic N) is 6. The Hall–Kier alpha value is -3.44. The zero-order chi connectivity index (χ0) is 29.5. The number of anilines is 1. The van der Waals surface area contributed by atoms with Crippen molar-refractivity contribution in [1.82, 2.24) is 24.0 Å². The van der Waals surface area contributed by atoms with E-state index in [0.717, 1.165) is 78.8 Å². The van der Waals surface area contributed by atoms with E-state index in [4.69, 9.17) is 15.7 Å². The average Bonchev–Trinajstić information content (AvgIpc) is 3.91. The minimum Gasteiger partial charge on any atom is -0.337 e. The molecular formula is C32H39N7O3S. The molecule has 8 rings (SSSR count). The van der Waals surface area contributed by atoms with Crippen LogP contribution in [0.5, 0.6) is 0 Å². The highest BCUT2D eigenvalue weighted by atomic mass is 32.2. The molecule has 2 aliphatic heterocycles. The van der Waals surface area contributed by atoms with Crippen molar-refractivity contribution in [3.05, 3.63) is 42.0 Å². The first-order chi connectivity index (χ1) is 20.8. The molecule has 10 nitrogen and oxygen atoms in total. The van der Waals surface area contributed by atoms with Crippen LogP contribution in [0.2, 0.25) is 0 Å². The number of nitrogens with two attached hydrogens (primary N) is 1. The van der Waals surface area contributed by atoms with Gasteiger partial charge in [0.1, 0.15) is 11.5 Å². The Morgan fingerprint density at radius 1 is 1.00 bits per heavy atom. The third-order valence-corrected chi connectivity index (χ3v) is 11.6. The molecule has 1 amide bonds. The molecule has 4 aromatic rings. The second kappa shape index (κ2) is 10.1. The van der Waals surface area contributed by atoms with E-state index in [1.807, 2.05) is 42.2 Å². The zero-order valence-electron chi connectivity index (χ0n) is 24.7. The van der Waals surface area contributed by atoms with E-state index in [1.54, 1.807) is 0 Å². The van der Waals surface area contributed by atoms with Gasteiger partial charge in [0.05, 0.1) is 22.5 Å². The molecule has 11 heteroatoms. The lowest BCUT2D eigenvalue weighted by atomic mass is 10.1. The van der Waals surface area contributed by atoms with Crippen LogP contribution in [0, 0.1) is 5.92 Å². The maximum absolute atomic E-state index is 13.4. The van der Waals surface area contributed by atoms with E-state index in [-0.39, 0.29) is 23.7 Å². The highest BCUT2D eigenvalue weighted by Gasteiger charge is 2.35. The molecule has 0 spiro atoms. The van der Waals surface area contributed by atoms with Crippen molar-refractivity contribution in [3.63, 3.8) is 0 Å². The molecule has 0 unspecified atom stereocenters. The number of fused-ring (bicyclic) bond motifs is 2. The lowest BCUT2D eigenvalue weighted by molar-refractivity contribution is 0.0709. The van der Waals surface area contributed by atoms with Crippen molar-refractivity contribution in [2.45, 2.75) is 83.0 Å². The standard InChI is InChI=1S/C32H39N7O3S/c1-20-4-3-15-43(41,42)39(20)29-13-9-22-17-28(37(30(22)35-29)18-21-6-7-21)31-34-26-16-23(8-12-27(26)38(31)25-10-11-25)32(40)36-14-2-5-24(33)19-36/h8-9,12-13,16-17,20-21,24-25H,2-7,10-11,14-15,18-19,33H2,1H3/t20-,24+/m0/s1. The van der Waals surface area contributed by atoms with Crippen LogP contribution in [0.15, 0.2) is 36.4 Å². The first kappa shape index (κ1) is 27.1. The predicted octanol–water partition coefficient (Wildman–Crippen LogP) is 4.68. The SMILES string of the molecule is C[C@H]1CCCS(=O)(=O)N1c1ccc2cc(-c3nc4cc(C(=O)N5CCC[C@@H](N)C5)ccc4n3C3CC3)n(CC3CC3)c2n1. The summed E-state index contributed by atoms with van der Waals surface area (Å²) in [6, 6.07) is 12.2. The number of carbonyl (C=O) groups is 1. The predicted molar refractivity (Wildman–Crippen MR) is 168 cm³/mol. The van der Waals surface area contributed by atoms with Crippen LogP contribution in [-0.2, 0) is 16.6 Å². The highest BCUT2D eigenvalue weighted by Crippen LogP contribution is 2.43. The van der Waals surface area contributed by atoms with Crippen LogP contribution < -0.4 is 10.0 Å². The number of sulfonamides is 1. The lowest BCUT2D eigenvalue weighted by Crippen LogP contribution is -2.45. The van der Waals surface area contributed by atoms with E-state index < -0.39 is 10.0 Å². The summed E-state index contributed by atoms with van der Waals surface area (Å²) in [4.78, 5) is 25.5. The van der Waals surface area contributed by atoms with Crippen molar-refractivity contribution in [1.29, 1.82) is 0 Å². The first-order valence-corrected chi connectivity index (χ1v) is 17.5. The Morgan fingerprint density at radius 2 is 1.84 bits per heavy atom. The number of carbonyl (C=O) groups excluding carboxylic acids is 1. The second-order valence-corrected chi connectivity index (χ2v) is 15.1. The third kappa shape index (κ3) is 4.81. The first-order valence-electron chi connectivity index (χ1n) is 15.9. The molecule has 2 atom stereocenters. The molecule has 4 fully saturated rings. The molecule has 2 N–H and O–H groups in total. The fourth-order valence-electron chi connectivity index (χ4n) is 7.08. The Balaban J connectivity index is 1.24. The van der Waals surface area contributed by atoms with Crippen LogP contribution in [-0.4, -0.2) is 69.3 Å². The molecule has 0 bridgehead atoms. The van der Waals surface area contributed by atoms with Crippen LogP contribution >= 0.6 is 0 Å². The molecule has 2 saturated carbocycles. The maximum Gasteiger partial charge on any atom is 0.253 e. The summed E-state index contributed by atoms with van der Waals surface area (Å²) in [6.07, 6.45) is 7.95. The van der Waals surface area contributed by atoms with Gasteiger partial charge in [0.2, 0.25) is 10.0 Å². The summed E-state index contributed by atoms with van der Waals surface area (Å²) in [6.45, 7) is 4.12. The summed E-state index contributed by atoms with van der Waals surface area (Å²) in [7, 11) is -3.41. The fraction of sp³-hybridized carbons (Fsp3) is 0.531. The van der Waals surface area contributed by atoms with E-state index >= 15 is 0 Å². The molecule has 3 aromatic heterocycles. The molecule has 226 valence electrons. The highest BCUT2D eigenvalue weighted by molar-refractivity contribution is 7.92. The van der Waals surface area contributed by atoms with Gasteiger partial charge >= 0.3 is 0 Å². The van der Waals surface area contributed by atoms with Gasteiger partial charge in [-0.1, -0.05) is 0 Å². The molecule has 1 aromatic carbocycles. The van der Waals surface area contributed by atoms with Gasteiger partial charge in [-0.3, -0.25) is 9.10 Å². The lowest BCUT2D eigenvalue weighted by Gasteiger charge is -2.33. The van der Waals surface area contributed by atoms with Gasteiger partial charge in [-0.15, -0.1) is 0 Å². The van der Waals surface area contributed by atoms with E-state index in [0.29, 0.717) is 36.3 Å². The van der Waals surface area contributed by atoms with Gasteiger partial charge in [-0.2, -0.15) is 0 Å². The topological polar surface area (TPSA) is 119 Å². The van der Waals surface area contributed by atoms with Crippen LogP contribution in [0.25, 0.3) is 33.6 Å². The van der Waals surface area contributed by atoms with Crippen molar-refractivity contribution in [2.24, 2.45) is 11.7 Å². The van der Waals surface area contributed by atoms with Gasteiger partial charge in [0, 0.05) is 48.7 Å². The summed E-state index contributed by atoms with van der Waals surface area (Å²) < 4.78 is 32.3. The van der Waals surface area contributed by atoms with Gasteiger partial charge in [0.25, 0.3) is 5.91 Å². The molecule has 43 heavy (non-hydrogen) atoms. The third-order valence-electron chi connectivity index (χ3n) is 9.64. The molecule has 0 radical (unpaired) electrons. The zero-order valence-corrected chi connectivity index (χ0v) is 25.5. The summed E-state index contributed by atoms with van der Waals surface area (Å²) in [5.41, 5.74) is 10.5. The van der Waals surface area contributed by atoms with Crippen molar-refractivity contribution >= 4 is 43.8 Å². The van der Waals surface area contributed by atoms with Crippen LogP contribution in [0.4, 0.5) is 5.82 Å². The molecule has 2 aliphatic carbocycles. The Morgan fingerprint density at radius 3 is 2.58 bits per heavy atom. The quantitative estimate of drug-likeness (QED) is 0.343. The number of pyridine rings is 1. The van der Waals surface area contributed by atoms with Gasteiger partial charge < -0.3 is 19.8 Å². The number of rotatable bonds is 6. The number of likely N-dealkylation sites (tertiary alicyclic amines) is 1. The number of benzene rings is 1. The molecule has 4 aliphatic rings. The normalized spacial score (nSPS) is 24.2. The minimum absolute atomic E-state index is 0.0149. The van der Waals surface area contributed by atoms with Crippen molar-refractivity contribution in [2.75, 3.05) is 23.1 Å². The molecule has 5 heterocycles. The van der Waals surface area contributed by atoms with E-state index in [2.05, 4.69) is 15.2 Å². The Kier molecular flexibility index (Phi) is 6.34. The Bertz CT molecular complexity index is 1850. The van der Waals surface area contributed by atoms with Crippen LogP contribution in [0.1, 0.15) is 74.7 Å². The summed E-state index contributed by atoms with van der Waals surface area (Å²) in [5.74, 6) is 2.14. The molecule has 2 saturated heterocycles. The second-order valence-electron chi connectivity index (χ2n) is 13.2. The van der Waals surface area contributed by atoms with Crippen LogP contribution in [0.3, 0.4) is 0 Å². The number of aromatic nitrogens is 4. The Labute approximate surface area is 251 Å². The van der Waals surface area contributed by atoms with Crippen molar-refractivity contribution in [3.8, 4) is 11.5 Å². The number of hydrogen-bond acceptors (Lipinski definition) is 6. The van der Waals surface area contributed by atoms with Crippen molar-refractivity contribution < 1.29 is 13.2 Å². The van der Waals surface area contributed by atoms with Gasteiger partial charge in [-0.05, 0) is 101 Å². The van der Waals surface area contributed by atoms with Gasteiger partial charge in [0.15, 0.2) is 5.82 Å². The van der Waals surface area contributed by atoms with E-state index in [9.17, 15) is 13.2 Å². The summed E-state index contributed by atoms with van der Waals surface area (Å²) in [5, 5.41) is 0.980. The fourth-order valence-corrected chi connectivity index (χ4v) is 8.85. The van der Waals surface area contributed by atoms with E-state index in [1.165, 1.54) is 17.1 Å². The minimum atomic E-state index is -3.41. The maximum atomic E-state index is 13.4. The molecular weight excluding hydrogens is 562 g/mol. The van der Waals surface area contributed by atoms with Gasteiger partial charge in [-0.25, -0.2) is 18.4 Å². The monoisotopic (exact) mass is 601 g/mol.